The second-order valence-corrected chi connectivity index (χ2v) is 9.15. The molecule has 0 saturated carbocycles. The zero-order valence-corrected chi connectivity index (χ0v) is 19.7. The van der Waals surface area contributed by atoms with Crippen molar-refractivity contribution in [2.45, 2.75) is 25.4 Å². The summed E-state index contributed by atoms with van der Waals surface area (Å²) in [5.74, 6) is 0.0126. The van der Waals surface area contributed by atoms with E-state index in [0.717, 1.165) is 30.3 Å². The SMILES string of the molecule is C1=CCOC=C1.Fc1ccc(Br)cc1OC1CCc2c(ccc3c2ccc2ccccc23)C1. The first-order valence-electron chi connectivity index (χ1n) is 11.2. The second-order valence-electron chi connectivity index (χ2n) is 8.23. The van der Waals surface area contributed by atoms with Crippen LogP contribution in [0.15, 0.2) is 95.7 Å². The Morgan fingerprint density at radius 3 is 2.58 bits per heavy atom. The van der Waals surface area contributed by atoms with Crippen molar-refractivity contribution in [1.82, 2.24) is 0 Å². The van der Waals surface area contributed by atoms with Crippen LogP contribution in [0.2, 0.25) is 0 Å². The van der Waals surface area contributed by atoms with E-state index in [4.69, 9.17) is 9.47 Å². The summed E-state index contributed by atoms with van der Waals surface area (Å²) >= 11 is 3.39. The largest absolute Gasteiger partial charge is 0.497 e. The van der Waals surface area contributed by atoms with Crippen molar-refractivity contribution in [2.75, 3.05) is 6.61 Å². The Balaban J connectivity index is 0.000000332. The Bertz CT molecular complexity index is 1350. The topological polar surface area (TPSA) is 18.5 Å². The molecule has 0 spiro atoms. The molecule has 4 aromatic rings. The minimum Gasteiger partial charge on any atom is -0.497 e. The van der Waals surface area contributed by atoms with Crippen LogP contribution in [0.25, 0.3) is 21.5 Å². The quantitative estimate of drug-likeness (QED) is 0.259. The van der Waals surface area contributed by atoms with E-state index in [-0.39, 0.29) is 11.9 Å². The first kappa shape index (κ1) is 21.7. The standard InChI is InChI=1S/C24H18BrFO.C5H6O/c25-17-7-12-23(26)24(14-17)27-18-8-11-20-16(13-18)6-10-21-19-4-2-1-3-15(19)5-9-22(20)21;1-2-4-6-5-3-1/h1-7,9-10,12,14,18H,8,11,13H2;1-4H,5H2. The highest BCUT2D eigenvalue weighted by molar-refractivity contribution is 9.10. The molecule has 0 saturated heterocycles. The number of allylic oxidation sites excluding steroid dienone is 2. The molecule has 1 unspecified atom stereocenters. The molecule has 2 aliphatic rings. The molecule has 0 bridgehead atoms. The van der Waals surface area contributed by atoms with Crippen molar-refractivity contribution in [3.05, 3.63) is 113 Å². The summed E-state index contributed by atoms with van der Waals surface area (Å²) in [5, 5.41) is 5.21. The lowest BCUT2D eigenvalue weighted by Crippen LogP contribution is -2.25. The molecule has 0 aromatic heterocycles. The van der Waals surface area contributed by atoms with Gasteiger partial charge in [-0.2, -0.15) is 0 Å². The van der Waals surface area contributed by atoms with E-state index in [0.29, 0.717) is 5.75 Å². The highest BCUT2D eigenvalue weighted by Gasteiger charge is 2.23. The lowest BCUT2D eigenvalue weighted by molar-refractivity contribution is 0.177. The molecular formula is C29H24BrFO2. The van der Waals surface area contributed by atoms with Crippen molar-refractivity contribution in [2.24, 2.45) is 0 Å². The molecule has 1 heterocycles. The fourth-order valence-corrected chi connectivity index (χ4v) is 4.87. The molecule has 33 heavy (non-hydrogen) atoms. The van der Waals surface area contributed by atoms with Crippen molar-refractivity contribution in [3.8, 4) is 5.75 Å². The van der Waals surface area contributed by atoms with E-state index in [2.05, 4.69) is 64.5 Å². The van der Waals surface area contributed by atoms with Gasteiger partial charge in [-0.1, -0.05) is 70.5 Å². The van der Waals surface area contributed by atoms with Crippen LogP contribution in [-0.2, 0) is 17.6 Å². The molecule has 0 amide bonds. The molecule has 6 rings (SSSR count). The Labute approximate surface area is 201 Å². The van der Waals surface area contributed by atoms with E-state index in [9.17, 15) is 4.39 Å². The van der Waals surface area contributed by atoms with Gasteiger partial charge in [0.05, 0.1) is 6.26 Å². The highest BCUT2D eigenvalue weighted by atomic mass is 79.9. The summed E-state index contributed by atoms with van der Waals surface area (Å²) in [6.07, 6.45) is 10.1. The van der Waals surface area contributed by atoms with Gasteiger partial charge in [-0.05, 0) is 75.9 Å². The maximum absolute atomic E-state index is 14.0. The third-order valence-corrected chi connectivity index (χ3v) is 6.59. The van der Waals surface area contributed by atoms with E-state index in [1.54, 1.807) is 18.4 Å². The molecule has 0 fully saturated rings. The number of fused-ring (bicyclic) bond motifs is 5. The summed E-state index contributed by atoms with van der Waals surface area (Å²) in [7, 11) is 0. The number of hydrogen-bond acceptors (Lipinski definition) is 2. The van der Waals surface area contributed by atoms with Crippen LogP contribution in [0.5, 0.6) is 5.75 Å². The van der Waals surface area contributed by atoms with Crippen LogP contribution in [0.3, 0.4) is 0 Å². The fraction of sp³-hybridized carbons (Fsp3) is 0.172. The minimum atomic E-state index is -0.311. The second kappa shape index (κ2) is 9.80. The van der Waals surface area contributed by atoms with Gasteiger partial charge in [0.25, 0.3) is 0 Å². The number of aryl methyl sites for hydroxylation is 1. The zero-order chi connectivity index (χ0) is 22.6. The zero-order valence-electron chi connectivity index (χ0n) is 18.1. The Morgan fingerprint density at radius 2 is 1.79 bits per heavy atom. The average molecular weight is 503 g/mol. The number of rotatable bonds is 2. The van der Waals surface area contributed by atoms with E-state index in [1.807, 2.05) is 18.2 Å². The van der Waals surface area contributed by atoms with Crippen molar-refractivity contribution < 1.29 is 13.9 Å². The van der Waals surface area contributed by atoms with Gasteiger partial charge >= 0.3 is 0 Å². The lowest BCUT2D eigenvalue weighted by Gasteiger charge is -2.27. The van der Waals surface area contributed by atoms with Crippen LogP contribution in [0, 0.1) is 5.82 Å². The monoisotopic (exact) mass is 502 g/mol. The molecule has 166 valence electrons. The summed E-state index contributed by atoms with van der Waals surface area (Å²) in [6, 6.07) is 22.2. The third kappa shape index (κ3) is 4.81. The van der Waals surface area contributed by atoms with Gasteiger partial charge in [0, 0.05) is 10.9 Å². The average Bonchev–Trinajstić information content (AvgIpc) is 2.87. The number of hydrogen-bond donors (Lipinski definition) is 0. The molecular weight excluding hydrogens is 479 g/mol. The van der Waals surface area contributed by atoms with Gasteiger partial charge in [-0.15, -0.1) is 0 Å². The predicted molar refractivity (Wildman–Crippen MR) is 136 cm³/mol. The maximum Gasteiger partial charge on any atom is 0.165 e. The van der Waals surface area contributed by atoms with Gasteiger partial charge < -0.3 is 9.47 Å². The normalized spacial score (nSPS) is 16.6. The van der Waals surface area contributed by atoms with Gasteiger partial charge in [0.1, 0.15) is 12.7 Å². The minimum absolute atomic E-state index is 0.000735. The van der Waals surface area contributed by atoms with Crippen molar-refractivity contribution >= 4 is 37.5 Å². The molecule has 1 atom stereocenters. The summed E-state index contributed by atoms with van der Waals surface area (Å²) in [4.78, 5) is 0. The summed E-state index contributed by atoms with van der Waals surface area (Å²) < 4.78 is 25.7. The molecule has 1 aliphatic heterocycles. The highest BCUT2D eigenvalue weighted by Crippen LogP contribution is 2.35. The van der Waals surface area contributed by atoms with E-state index < -0.39 is 0 Å². The molecule has 0 N–H and O–H groups in total. The van der Waals surface area contributed by atoms with Gasteiger partial charge in [0.15, 0.2) is 11.6 Å². The van der Waals surface area contributed by atoms with Crippen LogP contribution in [-0.4, -0.2) is 12.7 Å². The van der Waals surface area contributed by atoms with Crippen LogP contribution in [0.1, 0.15) is 17.5 Å². The Kier molecular flexibility index (Phi) is 6.45. The molecule has 2 nitrogen and oxygen atoms in total. The van der Waals surface area contributed by atoms with E-state index >= 15 is 0 Å². The number of benzene rings is 4. The summed E-state index contributed by atoms with van der Waals surface area (Å²) in [5.41, 5.74) is 2.72. The number of ether oxygens (including phenoxy) is 2. The molecule has 4 heteroatoms. The van der Waals surface area contributed by atoms with Crippen molar-refractivity contribution in [1.29, 1.82) is 0 Å². The Morgan fingerprint density at radius 1 is 0.909 bits per heavy atom. The van der Waals surface area contributed by atoms with Crippen LogP contribution in [0.4, 0.5) is 4.39 Å². The van der Waals surface area contributed by atoms with Crippen molar-refractivity contribution in [3.63, 3.8) is 0 Å². The first-order valence-corrected chi connectivity index (χ1v) is 12.0. The fourth-order valence-electron chi connectivity index (χ4n) is 4.53. The number of halogens is 2. The predicted octanol–water partition coefficient (Wildman–Crippen LogP) is 7.92. The lowest BCUT2D eigenvalue weighted by atomic mass is 9.85. The van der Waals surface area contributed by atoms with Crippen LogP contribution < -0.4 is 4.74 Å². The molecule has 0 radical (unpaired) electrons. The Hall–Kier alpha value is -3.11. The maximum atomic E-state index is 14.0. The first-order chi connectivity index (χ1) is 16.2. The van der Waals surface area contributed by atoms with E-state index in [1.165, 1.54) is 38.7 Å². The molecule has 4 aromatic carbocycles. The summed E-state index contributed by atoms with van der Waals surface area (Å²) in [6.45, 7) is 0.733. The van der Waals surface area contributed by atoms with Gasteiger partial charge in [-0.3, -0.25) is 0 Å². The third-order valence-electron chi connectivity index (χ3n) is 6.10. The van der Waals surface area contributed by atoms with Gasteiger partial charge in [-0.25, -0.2) is 4.39 Å². The van der Waals surface area contributed by atoms with Gasteiger partial charge in [0.2, 0.25) is 0 Å². The molecule has 1 aliphatic carbocycles. The smallest absolute Gasteiger partial charge is 0.165 e. The van der Waals surface area contributed by atoms with Crippen LogP contribution >= 0.6 is 15.9 Å².